The summed E-state index contributed by atoms with van der Waals surface area (Å²) >= 11 is 0. The van der Waals surface area contributed by atoms with Crippen molar-refractivity contribution in [2.75, 3.05) is 6.54 Å². The minimum atomic E-state index is 0.245. The summed E-state index contributed by atoms with van der Waals surface area (Å²) in [4.78, 5) is 8.65. The molecule has 1 atom stereocenters. The molecule has 0 bridgehead atoms. The Hall–Kier alpha value is -1.68. The van der Waals surface area contributed by atoms with E-state index in [1.807, 2.05) is 24.7 Å². The third-order valence-corrected chi connectivity index (χ3v) is 3.01. The standard InChI is InChI=1S/C14H20N4/c1-3-16-13(10-12-6-5-7-15-11-12)14-17-8-9-18(14)4-2/h5-9,11,13,16H,3-4,10H2,1-2H3. The van der Waals surface area contributed by atoms with Gasteiger partial charge in [-0.05, 0) is 31.5 Å². The maximum atomic E-state index is 4.48. The molecular formula is C14H20N4. The van der Waals surface area contributed by atoms with E-state index in [1.54, 1.807) is 6.20 Å². The first kappa shape index (κ1) is 12.8. The first-order chi connectivity index (χ1) is 8.85. The highest BCUT2D eigenvalue weighted by atomic mass is 15.1. The van der Waals surface area contributed by atoms with Crippen LogP contribution in [0.15, 0.2) is 36.9 Å². The Morgan fingerprint density at radius 3 is 2.89 bits per heavy atom. The summed E-state index contributed by atoms with van der Waals surface area (Å²) in [6.07, 6.45) is 8.54. The molecule has 2 rings (SSSR count). The zero-order valence-electron chi connectivity index (χ0n) is 11.0. The molecule has 1 unspecified atom stereocenters. The number of nitrogens with zero attached hydrogens (tertiary/aromatic N) is 3. The Balaban J connectivity index is 2.18. The van der Waals surface area contributed by atoms with E-state index in [9.17, 15) is 0 Å². The van der Waals surface area contributed by atoms with E-state index in [0.717, 1.165) is 25.3 Å². The van der Waals surface area contributed by atoms with Gasteiger partial charge in [0.2, 0.25) is 0 Å². The molecule has 2 heterocycles. The predicted octanol–water partition coefficient (Wildman–Crippen LogP) is 2.19. The highest BCUT2D eigenvalue weighted by molar-refractivity contribution is 5.13. The highest BCUT2D eigenvalue weighted by Gasteiger charge is 2.16. The van der Waals surface area contributed by atoms with Gasteiger partial charge in [0.15, 0.2) is 0 Å². The van der Waals surface area contributed by atoms with E-state index in [4.69, 9.17) is 0 Å². The van der Waals surface area contributed by atoms with E-state index in [0.29, 0.717) is 0 Å². The number of pyridine rings is 1. The molecule has 1 N–H and O–H groups in total. The maximum absolute atomic E-state index is 4.48. The minimum absolute atomic E-state index is 0.245. The van der Waals surface area contributed by atoms with Gasteiger partial charge in [-0.1, -0.05) is 13.0 Å². The number of imidazole rings is 1. The lowest BCUT2D eigenvalue weighted by molar-refractivity contribution is 0.495. The summed E-state index contributed by atoms with van der Waals surface area (Å²) in [7, 11) is 0. The molecule has 0 aromatic carbocycles. The number of likely N-dealkylation sites (N-methyl/N-ethyl adjacent to an activating group) is 1. The molecule has 0 saturated heterocycles. The topological polar surface area (TPSA) is 42.7 Å². The van der Waals surface area contributed by atoms with Crippen LogP contribution in [0.2, 0.25) is 0 Å². The van der Waals surface area contributed by atoms with Crippen LogP contribution in [0.3, 0.4) is 0 Å². The van der Waals surface area contributed by atoms with Crippen molar-refractivity contribution < 1.29 is 0 Å². The fourth-order valence-corrected chi connectivity index (χ4v) is 2.15. The number of rotatable bonds is 6. The largest absolute Gasteiger partial charge is 0.334 e. The smallest absolute Gasteiger partial charge is 0.126 e. The normalized spacial score (nSPS) is 12.6. The number of hydrogen-bond acceptors (Lipinski definition) is 3. The van der Waals surface area contributed by atoms with Crippen LogP contribution in [0.1, 0.15) is 31.3 Å². The van der Waals surface area contributed by atoms with Crippen LogP contribution in [0.5, 0.6) is 0 Å². The summed E-state index contributed by atoms with van der Waals surface area (Å²) in [5.74, 6) is 1.10. The third kappa shape index (κ3) is 2.96. The molecule has 0 aliphatic carbocycles. The van der Waals surface area contributed by atoms with E-state index >= 15 is 0 Å². The van der Waals surface area contributed by atoms with Crippen LogP contribution in [-0.4, -0.2) is 21.1 Å². The van der Waals surface area contributed by atoms with Gasteiger partial charge in [0.05, 0.1) is 6.04 Å². The number of nitrogens with one attached hydrogen (secondary N) is 1. The molecule has 96 valence electrons. The molecule has 0 amide bonds. The van der Waals surface area contributed by atoms with Gasteiger partial charge < -0.3 is 9.88 Å². The molecule has 18 heavy (non-hydrogen) atoms. The molecule has 2 aromatic rings. The van der Waals surface area contributed by atoms with E-state index < -0.39 is 0 Å². The van der Waals surface area contributed by atoms with Crippen molar-refractivity contribution >= 4 is 0 Å². The average Bonchev–Trinajstić information content (AvgIpc) is 2.87. The highest BCUT2D eigenvalue weighted by Crippen LogP contribution is 2.16. The van der Waals surface area contributed by atoms with Gasteiger partial charge in [-0.25, -0.2) is 4.98 Å². The van der Waals surface area contributed by atoms with Crippen LogP contribution in [0.4, 0.5) is 0 Å². The van der Waals surface area contributed by atoms with Crippen LogP contribution in [0.25, 0.3) is 0 Å². The molecule has 0 aliphatic heterocycles. The van der Waals surface area contributed by atoms with Crippen molar-refractivity contribution in [1.29, 1.82) is 0 Å². The fourth-order valence-electron chi connectivity index (χ4n) is 2.15. The average molecular weight is 244 g/mol. The Morgan fingerprint density at radius 2 is 2.22 bits per heavy atom. The second-order valence-corrected chi connectivity index (χ2v) is 4.25. The van der Waals surface area contributed by atoms with Crippen LogP contribution < -0.4 is 5.32 Å². The molecular weight excluding hydrogens is 224 g/mol. The molecule has 0 saturated carbocycles. The van der Waals surface area contributed by atoms with Crippen molar-refractivity contribution in [3.63, 3.8) is 0 Å². The fraction of sp³-hybridized carbons (Fsp3) is 0.429. The summed E-state index contributed by atoms with van der Waals surface area (Å²) in [6.45, 7) is 6.14. The summed E-state index contributed by atoms with van der Waals surface area (Å²) in [6, 6.07) is 4.33. The molecule has 2 aromatic heterocycles. The van der Waals surface area contributed by atoms with Crippen LogP contribution in [0, 0.1) is 0 Å². The Labute approximate surface area is 108 Å². The summed E-state index contributed by atoms with van der Waals surface area (Å²) in [5.41, 5.74) is 1.23. The maximum Gasteiger partial charge on any atom is 0.126 e. The Bertz CT molecular complexity index is 464. The number of hydrogen-bond donors (Lipinski definition) is 1. The van der Waals surface area contributed by atoms with Gasteiger partial charge in [-0.3, -0.25) is 4.98 Å². The lowest BCUT2D eigenvalue weighted by Crippen LogP contribution is -2.26. The van der Waals surface area contributed by atoms with Crippen molar-refractivity contribution in [3.8, 4) is 0 Å². The lowest BCUT2D eigenvalue weighted by Gasteiger charge is -2.18. The van der Waals surface area contributed by atoms with Gasteiger partial charge in [0.1, 0.15) is 5.82 Å². The Morgan fingerprint density at radius 1 is 1.33 bits per heavy atom. The zero-order chi connectivity index (χ0) is 12.8. The molecule has 0 spiro atoms. The van der Waals surface area contributed by atoms with Gasteiger partial charge in [0, 0.05) is 31.3 Å². The number of aryl methyl sites for hydroxylation is 1. The summed E-state index contributed by atoms with van der Waals surface area (Å²) in [5, 5.41) is 3.50. The lowest BCUT2D eigenvalue weighted by atomic mass is 10.1. The van der Waals surface area contributed by atoms with E-state index in [2.05, 4.69) is 39.8 Å². The molecule has 0 aliphatic rings. The minimum Gasteiger partial charge on any atom is -0.334 e. The monoisotopic (exact) mass is 244 g/mol. The van der Waals surface area contributed by atoms with Gasteiger partial charge >= 0.3 is 0 Å². The molecule has 4 heteroatoms. The first-order valence-corrected chi connectivity index (χ1v) is 6.48. The van der Waals surface area contributed by atoms with Gasteiger partial charge in [-0.2, -0.15) is 0 Å². The quantitative estimate of drug-likeness (QED) is 0.847. The van der Waals surface area contributed by atoms with Gasteiger partial charge in [-0.15, -0.1) is 0 Å². The van der Waals surface area contributed by atoms with Crippen molar-refractivity contribution in [2.24, 2.45) is 0 Å². The second-order valence-electron chi connectivity index (χ2n) is 4.25. The molecule has 0 fully saturated rings. The first-order valence-electron chi connectivity index (χ1n) is 6.48. The summed E-state index contributed by atoms with van der Waals surface area (Å²) < 4.78 is 2.18. The molecule has 4 nitrogen and oxygen atoms in total. The van der Waals surface area contributed by atoms with E-state index in [1.165, 1.54) is 5.56 Å². The predicted molar refractivity (Wildman–Crippen MR) is 72.3 cm³/mol. The van der Waals surface area contributed by atoms with Crippen LogP contribution >= 0.6 is 0 Å². The molecule has 0 radical (unpaired) electrons. The van der Waals surface area contributed by atoms with E-state index in [-0.39, 0.29) is 6.04 Å². The second kappa shape index (κ2) is 6.31. The number of aromatic nitrogens is 3. The Kier molecular flexibility index (Phi) is 4.47. The van der Waals surface area contributed by atoms with Crippen molar-refractivity contribution in [1.82, 2.24) is 19.9 Å². The van der Waals surface area contributed by atoms with Crippen molar-refractivity contribution in [2.45, 2.75) is 32.9 Å². The van der Waals surface area contributed by atoms with Crippen molar-refractivity contribution in [3.05, 3.63) is 48.3 Å². The van der Waals surface area contributed by atoms with Gasteiger partial charge in [0.25, 0.3) is 0 Å². The third-order valence-electron chi connectivity index (χ3n) is 3.01. The zero-order valence-corrected chi connectivity index (χ0v) is 11.0. The SMILES string of the molecule is CCNC(Cc1cccnc1)c1nccn1CC. The van der Waals surface area contributed by atoms with Crippen LogP contribution in [-0.2, 0) is 13.0 Å².